The van der Waals surface area contributed by atoms with Gasteiger partial charge in [0.2, 0.25) is 5.91 Å². The zero-order valence-electron chi connectivity index (χ0n) is 18.7. The summed E-state index contributed by atoms with van der Waals surface area (Å²) in [5.74, 6) is -1.14. The molecule has 4 rings (SSSR count). The van der Waals surface area contributed by atoms with E-state index in [4.69, 9.17) is 11.6 Å². The number of nitrogens with zero attached hydrogens (tertiary/aromatic N) is 1. The van der Waals surface area contributed by atoms with E-state index >= 15 is 0 Å². The first-order valence-corrected chi connectivity index (χ1v) is 12.1. The van der Waals surface area contributed by atoms with Gasteiger partial charge >= 0.3 is 0 Å². The van der Waals surface area contributed by atoms with Crippen LogP contribution in [0.25, 0.3) is 0 Å². The lowest BCUT2D eigenvalue weighted by Crippen LogP contribution is -2.37. The topological polar surface area (TPSA) is 82.0 Å². The van der Waals surface area contributed by atoms with E-state index in [9.17, 15) is 19.2 Å². The number of dihydropyridines is 1. The summed E-state index contributed by atoms with van der Waals surface area (Å²) in [7, 11) is 0. The Hall–Kier alpha value is -3.08. The lowest BCUT2D eigenvalue weighted by atomic mass is 9.69. The van der Waals surface area contributed by atoms with Gasteiger partial charge in [-0.05, 0) is 53.8 Å². The number of amides is 1. The molecule has 0 spiro atoms. The third-order valence-electron chi connectivity index (χ3n) is 5.81. The molecule has 1 heterocycles. The molecule has 0 saturated carbocycles. The number of rotatable bonds is 5. The van der Waals surface area contributed by atoms with Crippen molar-refractivity contribution < 1.29 is 14.0 Å². The van der Waals surface area contributed by atoms with Crippen LogP contribution in [0.2, 0.25) is 5.02 Å². The van der Waals surface area contributed by atoms with Gasteiger partial charge in [0.25, 0.3) is 0 Å². The minimum absolute atomic E-state index is 0.0181. The second-order valence-corrected chi connectivity index (χ2v) is 10.6. The number of carbonyl (C=O) groups is 2. The number of halogens is 2. The van der Waals surface area contributed by atoms with Gasteiger partial charge in [-0.3, -0.25) is 9.59 Å². The molecule has 0 aromatic heterocycles. The maximum Gasteiger partial charge on any atom is 0.234 e. The van der Waals surface area contributed by atoms with Crippen LogP contribution in [-0.2, 0) is 9.59 Å². The zero-order chi connectivity index (χ0) is 24.5. The van der Waals surface area contributed by atoms with Crippen LogP contribution in [0.5, 0.6) is 0 Å². The van der Waals surface area contributed by atoms with E-state index in [1.807, 2.05) is 26.0 Å². The number of Topliss-reactive ketones (excluding diaryl/α,β-unsaturated/α-hetero) is 1. The Labute approximate surface area is 207 Å². The molecule has 1 aliphatic heterocycles. The molecule has 34 heavy (non-hydrogen) atoms. The summed E-state index contributed by atoms with van der Waals surface area (Å²) in [6.45, 7) is 4.08. The maximum absolute atomic E-state index is 13.2. The molecule has 0 bridgehead atoms. The van der Waals surface area contributed by atoms with Gasteiger partial charge in [-0.2, -0.15) is 5.26 Å². The molecule has 1 aliphatic carbocycles. The number of anilines is 1. The summed E-state index contributed by atoms with van der Waals surface area (Å²) in [6, 6.07) is 14.9. The summed E-state index contributed by atoms with van der Waals surface area (Å²) < 4.78 is 13.1. The minimum atomic E-state index is -0.523. The maximum atomic E-state index is 13.2. The van der Waals surface area contributed by atoms with Crippen LogP contribution in [0.1, 0.15) is 38.2 Å². The third-order valence-corrected chi connectivity index (χ3v) is 7.07. The first-order valence-electron chi connectivity index (χ1n) is 10.8. The Bertz CT molecular complexity index is 1240. The molecule has 0 saturated heterocycles. The van der Waals surface area contributed by atoms with Gasteiger partial charge in [0.05, 0.1) is 28.3 Å². The number of hydrogen-bond acceptors (Lipinski definition) is 5. The quantitative estimate of drug-likeness (QED) is 0.538. The summed E-state index contributed by atoms with van der Waals surface area (Å²) in [4.78, 5) is 25.7. The molecule has 2 aromatic rings. The van der Waals surface area contributed by atoms with Gasteiger partial charge in [-0.1, -0.05) is 49.3 Å². The van der Waals surface area contributed by atoms with E-state index in [0.29, 0.717) is 39.7 Å². The zero-order valence-corrected chi connectivity index (χ0v) is 20.3. The summed E-state index contributed by atoms with van der Waals surface area (Å²) in [5.41, 5.74) is 2.88. The standard InChI is InChI=1S/C26H23ClFN3O2S/c1-26(2)11-20-24(21(32)12-26)23(15-3-5-16(27)6-4-15)19(13-29)25(31-20)34-14-22(33)30-18-9-7-17(28)8-10-18/h3-10,23,31H,11-12,14H2,1-2H3,(H,30,33)/t23-/m1/s1. The van der Waals surface area contributed by atoms with Gasteiger partial charge in [-0.25, -0.2) is 4.39 Å². The minimum Gasteiger partial charge on any atom is -0.352 e. The van der Waals surface area contributed by atoms with Crippen LogP contribution < -0.4 is 10.6 Å². The highest BCUT2D eigenvalue weighted by molar-refractivity contribution is 8.03. The molecule has 0 radical (unpaired) electrons. The Morgan fingerprint density at radius 2 is 1.88 bits per heavy atom. The van der Waals surface area contributed by atoms with Gasteiger partial charge in [0.15, 0.2) is 5.78 Å². The molecular formula is C26H23ClFN3O2S. The summed E-state index contributed by atoms with van der Waals surface area (Å²) in [6.07, 6.45) is 1.06. The van der Waals surface area contributed by atoms with Crippen LogP contribution in [-0.4, -0.2) is 17.4 Å². The molecular weight excluding hydrogens is 473 g/mol. The van der Waals surface area contributed by atoms with Crippen molar-refractivity contribution in [2.45, 2.75) is 32.6 Å². The first kappa shape index (κ1) is 24.1. The van der Waals surface area contributed by atoms with Crippen molar-refractivity contribution in [1.29, 1.82) is 5.26 Å². The molecule has 0 unspecified atom stereocenters. The monoisotopic (exact) mass is 495 g/mol. The fraction of sp³-hybridized carbons (Fsp3) is 0.269. The predicted octanol–water partition coefficient (Wildman–Crippen LogP) is 5.92. The highest BCUT2D eigenvalue weighted by Crippen LogP contribution is 2.47. The molecule has 1 amide bonds. The number of nitriles is 1. The molecule has 8 heteroatoms. The van der Waals surface area contributed by atoms with Crippen LogP contribution >= 0.6 is 23.4 Å². The van der Waals surface area contributed by atoms with Crippen molar-refractivity contribution >= 4 is 40.7 Å². The van der Waals surface area contributed by atoms with Crippen molar-refractivity contribution in [2.75, 3.05) is 11.1 Å². The van der Waals surface area contributed by atoms with Crippen molar-refractivity contribution in [2.24, 2.45) is 5.41 Å². The molecule has 5 nitrogen and oxygen atoms in total. The number of nitrogens with one attached hydrogen (secondary N) is 2. The Morgan fingerprint density at radius 3 is 2.53 bits per heavy atom. The number of allylic oxidation sites excluding steroid dienone is 3. The number of thioether (sulfide) groups is 1. The van der Waals surface area contributed by atoms with E-state index < -0.39 is 5.92 Å². The van der Waals surface area contributed by atoms with E-state index in [1.54, 1.807) is 12.1 Å². The fourth-order valence-corrected chi connectivity index (χ4v) is 5.33. The average molecular weight is 496 g/mol. The Kier molecular flexibility index (Phi) is 6.83. The first-order chi connectivity index (χ1) is 16.2. The van der Waals surface area contributed by atoms with E-state index in [2.05, 4.69) is 16.7 Å². The van der Waals surface area contributed by atoms with Gasteiger partial charge in [0.1, 0.15) is 5.82 Å². The molecule has 0 fully saturated rings. The second kappa shape index (κ2) is 9.65. The normalized spacial score (nSPS) is 19.3. The van der Waals surface area contributed by atoms with E-state index in [0.717, 1.165) is 11.3 Å². The smallest absolute Gasteiger partial charge is 0.234 e. The second-order valence-electron chi connectivity index (χ2n) is 9.14. The number of benzene rings is 2. The molecule has 2 N–H and O–H groups in total. The van der Waals surface area contributed by atoms with Crippen LogP contribution in [0.15, 0.2) is 70.4 Å². The number of ketones is 1. The van der Waals surface area contributed by atoms with Crippen LogP contribution in [0.3, 0.4) is 0 Å². The molecule has 174 valence electrons. The van der Waals surface area contributed by atoms with Gasteiger partial charge in [-0.15, -0.1) is 0 Å². The number of hydrogen-bond donors (Lipinski definition) is 2. The fourth-order valence-electron chi connectivity index (χ4n) is 4.35. The highest BCUT2D eigenvalue weighted by atomic mass is 35.5. The summed E-state index contributed by atoms with van der Waals surface area (Å²) >= 11 is 7.28. The predicted molar refractivity (Wildman–Crippen MR) is 133 cm³/mol. The van der Waals surface area contributed by atoms with Crippen LogP contribution in [0.4, 0.5) is 10.1 Å². The lowest BCUT2D eigenvalue weighted by Gasteiger charge is -2.39. The lowest BCUT2D eigenvalue weighted by molar-refractivity contribution is -0.118. The summed E-state index contributed by atoms with van der Waals surface area (Å²) in [5, 5.41) is 17.2. The van der Waals surface area contributed by atoms with Crippen molar-refractivity contribution in [3.63, 3.8) is 0 Å². The molecule has 2 aliphatic rings. The van der Waals surface area contributed by atoms with Crippen molar-refractivity contribution in [1.82, 2.24) is 5.32 Å². The number of carbonyl (C=O) groups excluding carboxylic acids is 2. The van der Waals surface area contributed by atoms with Crippen molar-refractivity contribution in [3.8, 4) is 6.07 Å². The van der Waals surface area contributed by atoms with Gasteiger partial charge < -0.3 is 10.6 Å². The Morgan fingerprint density at radius 1 is 1.21 bits per heavy atom. The largest absolute Gasteiger partial charge is 0.352 e. The van der Waals surface area contributed by atoms with Gasteiger partial charge in [0, 0.05) is 28.4 Å². The molecule has 1 atom stereocenters. The van der Waals surface area contributed by atoms with E-state index in [1.165, 1.54) is 36.0 Å². The third kappa shape index (κ3) is 5.19. The average Bonchev–Trinajstić information content (AvgIpc) is 2.78. The Balaban J connectivity index is 1.64. The van der Waals surface area contributed by atoms with Crippen molar-refractivity contribution in [3.05, 3.63) is 86.8 Å². The highest BCUT2D eigenvalue weighted by Gasteiger charge is 2.41. The van der Waals surface area contributed by atoms with E-state index in [-0.39, 0.29) is 28.7 Å². The van der Waals surface area contributed by atoms with Crippen LogP contribution in [0, 0.1) is 22.6 Å². The SMILES string of the molecule is CC1(C)CC(=O)C2=C(C1)NC(SCC(=O)Nc1ccc(F)cc1)=C(C#N)[C@H]2c1ccc(Cl)cc1. The molecule has 2 aromatic carbocycles.